The largest absolute Gasteiger partial charge is 0.474 e. The highest BCUT2D eigenvalue weighted by molar-refractivity contribution is 5.85. The minimum absolute atomic E-state index is 0.284. The summed E-state index contributed by atoms with van der Waals surface area (Å²) in [5.41, 5.74) is 7.33. The number of benzene rings is 1. The van der Waals surface area contributed by atoms with E-state index in [-0.39, 0.29) is 6.10 Å². The quantitative estimate of drug-likeness (QED) is 0.839. The van der Waals surface area contributed by atoms with Crippen LogP contribution in [0.5, 0.6) is 5.88 Å². The van der Waals surface area contributed by atoms with Crippen molar-refractivity contribution in [2.45, 2.75) is 38.7 Å². The molecule has 0 aliphatic heterocycles. The van der Waals surface area contributed by atoms with Crippen molar-refractivity contribution >= 4 is 16.6 Å². The molecule has 4 heteroatoms. The standard InChI is InChI=1S/C15H19N3O/c1-10-2-5-12(6-3-10)19-15-13-7-4-11(16)8-14(13)17-9-18-15/h4,7-10,12H,2-3,5-6,16H2,1H3. The van der Waals surface area contributed by atoms with Crippen molar-refractivity contribution in [2.24, 2.45) is 5.92 Å². The van der Waals surface area contributed by atoms with Gasteiger partial charge in [-0.15, -0.1) is 0 Å². The van der Waals surface area contributed by atoms with Crippen LogP contribution >= 0.6 is 0 Å². The first-order valence-corrected chi connectivity index (χ1v) is 6.89. The fraction of sp³-hybridized carbons (Fsp3) is 0.467. The predicted octanol–water partition coefficient (Wildman–Crippen LogP) is 3.17. The van der Waals surface area contributed by atoms with Gasteiger partial charge >= 0.3 is 0 Å². The first-order valence-electron chi connectivity index (χ1n) is 6.89. The zero-order valence-corrected chi connectivity index (χ0v) is 11.2. The lowest BCUT2D eigenvalue weighted by atomic mass is 9.89. The summed E-state index contributed by atoms with van der Waals surface area (Å²) in [6.07, 6.45) is 6.53. The van der Waals surface area contributed by atoms with Crippen LogP contribution in [0, 0.1) is 5.92 Å². The molecule has 1 aromatic carbocycles. The number of nitrogens with zero attached hydrogens (tertiary/aromatic N) is 2. The molecule has 0 unspecified atom stereocenters. The molecule has 0 amide bonds. The number of hydrogen-bond acceptors (Lipinski definition) is 4. The highest BCUT2D eigenvalue weighted by Gasteiger charge is 2.20. The van der Waals surface area contributed by atoms with Crippen LogP contribution in [0.1, 0.15) is 32.6 Å². The van der Waals surface area contributed by atoms with Crippen molar-refractivity contribution in [3.63, 3.8) is 0 Å². The molecule has 19 heavy (non-hydrogen) atoms. The van der Waals surface area contributed by atoms with E-state index in [0.29, 0.717) is 11.6 Å². The van der Waals surface area contributed by atoms with Crippen molar-refractivity contribution in [3.8, 4) is 5.88 Å². The Kier molecular flexibility index (Phi) is 3.23. The number of nitrogen functional groups attached to an aromatic ring is 1. The molecule has 0 spiro atoms. The lowest BCUT2D eigenvalue weighted by Crippen LogP contribution is -2.23. The van der Waals surface area contributed by atoms with E-state index in [2.05, 4.69) is 16.9 Å². The summed E-state index contributed by atoms with van der Waals surface area (Å²) in [4.78, 5) is 8.51. The normalized spacial score (nSPS) is 23.4. The van der Waals surface area contributed by atoms with Crippen LogP contribution in [-0.2, 0) is 0 Å². The first-order chi connectivity index (χ1) is 9.22. The van der Waals surface area contributed by atoms with Crippen LogP contribution in [0.25, 0.3) is 10.9 Å². The van der Waals surface area contributed by atoms with Crippen molar-refractivity contribution < 1.29 is 4.74 Å². The fourth-order valence-corrected chi connectivity index (χ4v) is 2.65. The third kappa shape index (κ3) is 2.62. The third-order valence-electron chi connectivity index (χ3n) is 3.87. The van der Waals surface area contributed by atoms with Crippen LogP contribution in [-0.4, -0.2) is 16.1 Å². The second-order valence-electron chi connectivity index (χ2n) is 5.46. The maximum atomic E-state index is 6.06. The molecule has 100 valence electrons. The second-order valence-corrected chi connectivity index (χ2v) is 5.46. The van der Waals surface area contributed by atoms with E-state index >= 15 is 0 Å². The molecule has 1 heterocycles. The van der Waals surface area contributed by atoms with E-state index in [0.717, 1.165) is 29.7 Å². The third-order valence-corrected chi connectivity index (χ3v) is 3.87. The van der Waals surface area contributed by atoms with E-state index in [9.17, 15) is 0 Å². The van der Waals surface area contributed by atoms with Crippen molar-refractivity contribution in [2.75, 3.05) is 5.73 Å². The monoisotopic (exact) mass is 257 g/mol. The molecule has 1 saturated carbocycles. The summed E-state index contributed by atoms with van der Waals surface area (Å²) >= 11 is 0. The molecule has 0 atom stereocenters. The van der Waals surface area contributed by atoms with Gasteiger partial charge in [-0.25, -0.2) is 9.97 Å². The van der Waals surface area contributed by atoms with Gasteiger partial charge in [0.15, 0.2) is 0 Å². The lowest BCUT2D eigenvalue weighted by Gasteiger charge is -2.26. The van der Waals surface area contributed by atoms with Gasteiger partial charge in [-0.05, 0) is 49.8 Å². The summed E-state index contributed by atoms with van der Waals surface area (Å²) in [5.74, 6) is 1.51. The van der Waals surface area contributed by atoms with Gasteiger partial charge in [0, 0.05) is 5.69 Å². The molecule has 1 aliphatic carbocycles. The van der Waals surface area contributed by atoms with Crippen LogP contribution in [0.4, 0.5) is 5.69 Å². The highest BCUT2D eigenvalue weighted by atomic mass is 16.5. The summed E-state index contributed by atoms with van der Waals surface area (Å²) in [7, 11) is 0. The van der Waals surface area contributed by atoms with Gasteiger partial charge in [0.05, 0.1) is 10.9 Å². The molecular weight excluding hydrogens is 238 g/mol. The number of anilines is 1. The smallest absolute Gasteiger partial charge is 0.224 e. The van der Waals surface area contributed by atoms with Gasteiger partial charge in [-0.3, -0.25) is 0 Å². The Morgan fingerprint density at radius 2 is 1.95 bits per heavy atom. The average Bonchev–Trinajstić information content (AvgIpc) is 2.41. The van der Waals surface area contributed by atoms with Crippen molar-refractivity contribution in [1.29, 1.82) is 0 Å². The van der Waals surface area contributed by atoms with Crippen LogP contribution in [0.2, 0.25) is 0 Å². The van der Waals surface area contributed by atoms with Crippen LogP contribution < -0.4 is 10.5 Å². The highest BCUT2D eigenvalue weighted by Crippen LogP contribution is 2.29. The fourth-order valence-electron chi connectivity index (χ4n) is 2.65. The SMILES string of the molecule is CC1CCC(Oc2ncnc3cc(N)ccc23)CC1. The Hall–Kier alpha value is -1.84. The van der Waals surface area contributed by atoms with Gasteiger partial charge in [0.2, 0.25) is 5.88 Å². The van der Waals surface area contributed by atoms with Gasteiger partial charge < -0.3 is 10.5 Å². The van der Waals surface area contributed by atoms with Gasteiger partial charge in [0.1, 0.15) is 12.4 Å². The van der Waals surface area contributed by atoms with Gasteiger partial charge in [-0.2, -0.15) is 0 Å². The predicted molar refractivity (Wildman–Crippen MR) is 76.0 cm³/mol. The van der Waals surface area contributed by atoms with Crippen LogP contribution in [0.3, 0.4) is 0 Å². The zero-order chi connectivity index (χ0) is 13.2. The van der Waals surface area contributed by atoms with E-state index in [4.69, 9.17) is 10.5 Å². The summed E-state index contributed by atoms with van der Waals surface area (Å²) in [6.45, 7) is 2.30. The molecule has 0 saturated heterocycles. The van der Waals surface area contributed by atoms with E-state index in [1.54, 1.807) is 6.33 Å². The van der Waals surface area contributed by atoms with E-state index in [1.165, 1.54) is 12.8 Å². The molecule has 0 radical (unpaired) electrons. The van der Waals surface area contributed by atoms with E-state index < -0.39 is 0 Å². The summed E-state index contributed by atoms with van der Waals surface area (Å²) in [5, 5.41) is 0.940. The molecule has 0 bridgehead atoms. The number of hydrogen-bond donors (Lipinski definition) is 1. The second kappa shape index (κ2) is 5.03. The maximum Gasteiger partial charge on any atom is 0.224 e. The zero-order valence-electron chi connectivity index (χ0n) is 11.2. The summed E-state index contributed by atoms with van der Waals surface area (Å²) in [6, 6.07) is 5.65. The van der Waals surface area contributed by atoms with Gasteiger partial charge in [-0.1, -0.05) is 6.92 Å². The molecule has 1 aliphatic rings. The summed E-state index contributed by atoms with van der Waals surface area (Å²) < 4.78 is 6.06. The Morgan fingerprint density at radius 3 is 2.74 bits per heavy atom. The molecule has 3 rings (SSSR count). The van der Waals surface area contributed by atoms with Gasteiger partial charge in [0.25, 0.3) is 0 Å². The number of rotatable bonds is 2. The number of ether oxygens (including phenoxy) is 1. The lowest BCUT2D eigenvalue weighted by molar-refractivity contribution is 0.132. The van der Waals surface area contributed by atoms with Crippen LogP contribution in [0.15, 0.2) is 24.5 Å². The van der Waals surface area contributed by atoms with E-state index in [1.807, 2.05) is 18.2 Å². The molecule has 1 fully saturated rings. The Labute approximate surface area is 113 Å². The topological polar surface area (TPSA) is 61.0 Å². The number of fused-ring (bicyclic) bond motifs is 1. The molecule has 2 N–H and O–H groups in total. The number of aromatic nitrogens is 2. The molecule has 2 aromatic rings. The minimum Gasteiger partial charge on any atom is -0.474 e. The maximum absolute atomic E-state index is 6.06. The molecule has 1 aromatic heterocycles. The van der Waals surface area contributed by atoms with Crippen molar-refractivity contribution in [1.82, 2.24) is 9.97 Å². The molecule has 4 nitrogen and oxygen atoms in total. The minimum atomic E-state index is 0.284. The van der Waals surface area contributed by atoms with Crippen molar-refractivity contribution in [3.05, 3.63) is 24.5 Å². The number of nitrogens with two attached hydrogens (primary N) is 1. The first kappa shape index (κ1) is 12.2. The average molecular weight is 257 g/mol. The Balaban J connectivity index is 1.84. The Bertz CT molecular complexity index is 577. The molecular formula is C15H19N3O. The Morgan fingerprint density at radius 1 is 1.16 bits per heavy atom.